The Morgan fingerprint density at radius 2 is 2.05 bits per heavy atom. The highest BCUT2D eigenvalue weighted by Gasteiger charge is 2.22. The molecule has 0 aliphatic carbocycles. The molecular weight excluding hydrogens is 320 g/mol. The van der Waals surface area contributed by atoms with Crippen LogP contribution in [0.3, 0.4) is 0 Å². The molecule has 0 saturated heterocycles. The Labute approximate surface area is 125 Å². The number of sulfonamides is 1. The van der Waals surface area contributed by atoms with Gasteiger partial charge in [-0.15, -0.1) is 0 Å². The van der Waals surface area contributed by atoms with Crippen molar-refractivity contribution in [1.29, 1.82) is 0 Å². The highest BCUT2D eigenvalue weighted by molar-refractivity contribution is 7.89. The van der Waals surface area contributed by atoms with Crippen LogP contribution in [0.15, 0.2) is 33.9 Å². The van der Waals surface area contributed by atoms with Crippen molar-refractivity contribution in [3.05, 3.63) is 51.7 Å². The summed E-state index contributed by atoms with van der Waals surface area (Å²) in [4.78, 5) is -0.775. The zero-order valence-corrected chi connectivity index (χ0v) is 12.6. The van der Waals surface area contributed by atoms with Crippen LogP contribution in [-0.4, -0.2) is 20.1 Å². The second-order valence-electron chi connectivity index (χ2n) is 4.46. The summed E-state index contributed by atoms with van der Waals surface area (Å²) in [6.45, 7) is 1.01. The van der Waals surface area contributed by atoms with Crippen LogP contribution in [0.1, 0.15) is 17.2 Å². The number of nitrogens with one attached hydrogen (secondary N) is 1. The van der Waals surface area contributed by atoms with Crippen molar-refractivity contribution in [2.45, 2.75) is 17.9 Å². The molecule has 2 aromatic rings. The monoisotopic (exact) mass is 333 g/mol. The molecule has 0 fully saturated rings. The lowest BCUT2D eigenvalue weighted by Crippen LogP contribution is -2.29. The summed E-state index contributed by atoms with van der Waals surface area (Å²) in [6.07, 6.45) is -1.05. The Morgan fingerprint density at radius 1 is 1.33 bits per heavy atom. The molecule has 0 unspecified atom stereocenters. The first-order chi connectivity index (χ1) is 9.81. The van der Waals surface area contributed by atoms with Crippen LogP contribution in [0.25, 0.3) is 0 Å². The summed E-state index contributed by atoms with van der Waals surface area (Å²) in [5.41, 5.74) is 0.572. The summed E-state index contributed by atoms with van der Waals surface area (Å²) in [7, 11) is -4.24. The largest absolute Gasteiger partial charge is 0.387 e. The van der Waals surface area contributed by atoms with Crippen molar-refractivity contribution in [2.75, 3.05) is 6.54 Å². The summed E-state index contributed by atoms with van der Waals surface area (Å²) in [6, 6.07) is 3.10. The van der Waals surface area contributed by atoms with Gasteiger partial charge in [0.2, 0.25) is 10.0 Å². The van der Waals surface area contributed by atoms with E-state index in [4.69, 9.17) is 0 Å². The fraction of sp³-hybridized carbons (Fsp3) is 0.231. The van der Waals surface area contributed by atoms with Crippen molar-refractivity contribution < 1.29 is 22.3 Å². The molecule has 0 amide bonds. The van der Waals surface area contributed by atoms with E-state index in [1.165, 1.54) is 18.3 Å². The third-order valence-electron chi connectivity index (χ3n) is 2.90. The highest BCUT2D eigenvalue weighted by atomic mass is 32.2. The SMILES string of the molecule is Cc1cc(F)c(S(=O)(=O)NC[C@@H](O)c2ccsc2)cc1F. The zero-order valence-electron chi connectivity index (χ0n) is 11.0. The first-order valence-corrected chi connectivity index (χ1v) is 8.39. The quantitative estimate of drug-likeness (QED) is 0.883. The zero-order chi connectivity index (χ0) is 15.6. The minimum atomic E-state index is -4.24. The molecule has 1 aromatic carbocycles. The third-order valence-corrected chi connectivity index (χ3v) is 5.04. The number of hydrogen-bond donors (Lipinski definition) is 2. The summed E-state index contributed by atoms with van der Waals surface area (Å²) < 4.78 is 53.1. The van der Waals surface area contributed by atoms with Crippen molar-refractivity contribution in [1.82, 2.24) is 4.72 Å². The van der Waals surface area contributed by atoms with Gasteiger partial charge < -0.3 is 5.11 Å². The van der Waals surface area contributed by atoms with E-state index in [9.17, 15) is 22.3 Å². The lowest BCUT2D eigenvalue weighted by atomic mass is 10.2. The standard InChI is InChI=1S/C13H13F2NO3S2/c1-8-4-11(15)13(5-10(8)14)21(18,19)16-6-12(17)9-2-3-20-7-9/h2-5,7,12,16-17H,6H2,1H3/t12-/m1/s1. The van der Waals surface area contributed by atoms with Gasteiger partial charge in [-0.1, -0.05) is 0 Å². The molecule has 0 spiro atoms. The van der Waals surface area contributed by atoms with Crippen LogP contribution in [0.5, 0.6) is 0 Å². The van der Waals surface area contributed by atoms with E-state index in [0.29, 0.717) is 11.6 Å². The molecule has 0 aliphatic heterocycles. The van der Waals surface area contributed by atoms with E-state index in [-0.39, 0.29) is 12.1 Å². The van der Waals surface area contributed by atoms with Gasteiger partial charge in [-0.3, -0.25) is 0 Å². The van der Waals surface area contributed by atoms with Gasteiger partial charge in [-0.25, -0.2) is 21.9 Å². The average molecular weight is 333 g/mol. The topological polar surface area (TPSA) is 66.4 Å². The Balaban J connectivity index is 2.17. The third kappa shape index (κ3) is 3.65. The first kappa shape index (κ1) is 16.0. The minimum absolute atomic E-state index is 0.0183. The normalized spacial score (nSPS) is 13.3. The highest BCUT2D eigenvalue weighted by Crippen LogP contribution is 2.20. The van der Waals surface area contributed by atoms with Gasteiger partial charge in [0.1, 0.15) is 16.5 Å². The molecule has 1 atom stereocenters. The van der Waals surface area contributed by atoms with Gasteiger partial charge in [0, 0.05) is 6.54 Å². The molecule has 4 nitrogen and oxygen atoms in total. The second kappa shape index (κ2) is 6.18. The van der Waals surface area contributed by atoms with Crippen LogP contribution >= 0.6 is 11.3 Å². The second-order valence-corrected chi connectivity index (χ2v) is 6.97. The number of aliphatic hydroxyl groups is 1. The molecule has 0 aliphatic rings. The fourth-order valence-electron chi connectivity index (χ4n) is 1.68. The Morgan fingerprint density at radius 3 is 2.67 bits per heavy atom. The molecule has 0 saturated carbocycles. The van der Waals surface area contributed by atoms with E-state index >= 15 is 0 Å². The number of aliphatic hydroxyl groups excluding tert-OH is 1. The molecule has 0 radical (unpaired) electrons. The van der Waals surface area contributed by atoms with Gasteiger partial charge in [-0.05, 0) is 47.0 Å². The van der Waals surface area contributed by atoms with Crippen molar-refractivity contribution in [2.24, 2.45) is 0 Å². The van der Waals surface area contributed by atoms with E-state index in [1.54, 1.807) is 16.8 Å². The van der Waals surface area contributed by atoms with Crippen molar-refractivity contribution in [3.63, 3.8) is 0 Å². The van der Waals surface area contributed by atoms with Gasteiger partial charge in [-0.2, -0.15) is 11.3 Å². The predicted octanol–water partition coefficient (Wildman–Crippen LogP) is 2.35. The minimum Gasteiger partial charge on any atom is -0.387 e. The Hall–Kier alpha value is -1.35. The van der Waals surface area contributed by atoms with E-state index in [2.05, 4.69) is 4.72 Å². The van der Waals surface area contributed by atoms with E-state index in [1.807, 2.05) is 0 Å². The molecule has 1 aromatic heterocycles. The average Bonchev–Trinajstić information content (AvgIpc) is 2.94. The van der Waals surface area contributed by atoms with Gasteiger partial charge >= 0.3 is 0 Å². The van der Waals surface area contributed by atoms with Crippen LogP contribution in [0.2, 0.25) is 0 Å². The van der Waals surface area contributed by atoms with Crippen LogP contribution in [-0.2, 0) is 10.0 Å². The number of rotatable bonds is 5. The Bertz CT molecular complexity index is 730. The van der Waals surface area contributed by atoms with E-state index in [0.717, 1.165) is 6.07 Å². The maximum atomic E-state index is 13.7. The van der Waals surface area contributed by atoms with Crippen molar-refractivity contribution in [3.8, 4) is 0 Å². The van der Waals surface area contributed by atoms with E-state index < -0.39 is 32.7 Å². The molecule has 114 valence electrons. The smallest absolute Gasteiger partial charge is 0.243 e. The van der Waals surface area contributed by atoms with Crippen molar-refractivity contribution >= 4 is 21.4 Å². The fourth-order valence-corrected chi connectivity index (χ4v) is 3.50. The summed E-state index contributed by atoms with van der Waals surface area (Å²) >= 11 is 1.36. The first-order valence-electron chi connectivity index (χ1n) is 5.97. The van der Waals surface area contributed by atoms with Crippen LogP contribution in [0.4, 0.5) is 8.78 Å². The molecule has 1 heterocycles. The van der Waals surface area contributed by atoms with Gasteiger partial charge in [0.25, 0.3) is 0 Å². The number of hydrogen-bond acceptors (Lipinski definition) is 4. The lowest BCUT2D eigenvalue weighted by molar-refractivity contribution is 0.182. The molecule has 0 bridgehead atoms. The number of benzene rings is 1. The maximum Gasteiger partial charge on any atom is 0.243 e. The van der Waals surface area contributed by atoms with Gasteiger partial charge in [0.05, 0.1) is 6.10 Å². The molecule has 8 heteroatoms. The predicted molar refractivity (Wildman–Crippen MR) is 75.6 cm³/mol. The molecule has 21 heavy (non-hydrogen) atoms. The Kier molecular flexibility index (Phi) is 4.72. The molecular formula is C13H13F2NO3S2. The van der Waals surface area contributed by atoms with Gasteiger partial charge in [0.15, 0.2) is 0 Å². The number of thiophene rings is 1. The maximum absolute atomic E-state index is 13.7. The lowest BCUT2D eigenvalue weighted by Gasteiger charge is -2.12. The number of aryl methyl sites for hydroxylation is 1. The number of halogens is 2. The van der Waals surface area contributed by atoms with Crippen LogP contribution < -0.4 is 4.72 Å². The summed E-state index contributed by atoms with van der Waals surface area (Å²) in [5.74, 6) is -1.85. The van der Waals surface area contributed by atoms with Crippen LogP contribution in [0, 0.1) is 18.6 Å². The molecule has 2 rings (SSSR count). The summed E-state index contributed by atoms with van der Waals surface area (Å²) in [5, 5.41) is 13.2. The molecule has 2 N–H and O–H groups in total.